The van der Waals surface area contributed by atoms with Gasteiger partial charge < -0.3 is 14.8 Å². The van der Waals surface area contributed by atoms with E-state index < -0.39 is 0 Å². The Morgan fingerprint density at radius 2 is 2.13 bits per heavy atom. The van der Waals surface area contributed by atoms with E-state index in [1.807, 2.05) is 0 Å². The molecule has 1 unspecified atom stereocenters. The highest BCUT2D eigenvalue weighted by Gasteiger charge is 2.20. The van der Waals surface area contributed by atoms with Gasteiger partial charge in [-0.3, -0.25) is 0 Å². The van der Waals surface area contributed by atoms with Gasteiger partial charge in [-0.15, -0.1) is 0 Å². The maximum atomic E-state index is 5.56. The second-order valence-electron chi connectivity index (χ2n) is 4.81. The second-order valence-corrected chi connectivity index (χ2v) is 4.81. The van der Waals surface area contributed by atoms with Gasteiger partial charge in [0, 0.05) is 26.4 Å². The van der Waals surface area contributed by atoms with E-state index in [2.05, 4.69) is 5.32 Å². The fourth-order valence-electron chi connectivity index (χ4n) is 1.88. The third-order valence-corrected chi connectivity index (χ3v) is 3.15. The number of hydrogen-bond acceptors (Lipinski definition) is 3. The SMILES string of the molecule is C(CNCC1CCOC1)COCC1CC1. The molecule has 1 N–H and O–H groups in total. The monoisotopic (exact) mass is 213 g/mol. The number of ether oxygens (including phenoxy) is 2. The van der Waals surface area contributed by atoms with Gasteiger partial charge in [0.15, 0.2) is 0 Å². The Labute approximate surface area is 92.5 Å². The normalized spacial score (nSPS) is 26.0. The average Bonchev–Trinajstić information content (AvgIpc) is 2.92. The lowest BCUT2D eigenvalue weighted by Crippen LogP contribution is -2.24. The summed E-state index contributed by atoms with van der Waals surface area (Å²) in [6.07, 6.45) is 5.14. The highest BCUT2D eigenvalue weighted by Crippen LogP contribution is 2.28. The summed E-state index contributed by atoms with van der Waals surface area (Å²) in [5.74, 6) is 1.64. The Balaban J connectivity index is 1.32. The minimum absolute atomic E-state index is 0.748. The zero-order chi connectivity index (χ0) is 10.3. The molecule has 3 heteroatoms. The van der Waals surface area contributed by atoms with Gasteiger partial charge in [0.05, 0.1) is 6.61 Å². The molecule has 0 bridgehead atoms. The van der Waals surface area contributed by atoms with E-state index in [-0.39, 0.29) is 0 Å². The molecule has 1 aliphatic heterocycles. The van der Waals surface area contributed by atoms with Crippen LogP contribution >= 0.6 is 0 Å². The van der Waals surface area contributed by atoms with E-state index in [9.17, 15) is 0 Å². The Morgan fingerprint density at radius 3 is 2.87 bits per heavy atom. The fraction of sp³-hybridized carbons (Fsp3) is 1.00. The Kier molecular flexibility index (Phi) is 4.90. The first-order valence-electron chi connectivity index (χ1n) is 6.31. The van der Waals surface area contributed by atoms with Crippen molar-refractivity contribution in [2.75, 3.05) is 39.5 Å². The van der Waals surface area contributed by atoms with E-state index in [0.717, 1.165) is 57.8 Å². The molecule has 3 nitrogen and oxygen atoms in total. The van der Waals surface area contributed by atoms with Gasteiger partial charge in [-0.25, -0.2) is 0 Å². The molecular formula is C12H23NO2. The van der Waals surface area contributed by atoms with Crippen LogP contribution in [-0.4, -0.2) is 39.5 Å². The Morgan fingerprint density at radius 1 is 1.20 bits per heavy atom. The summed E-state index contributed by atoms with van der Waals surface area (Å²) in [4.78, 5) is 0. The van der Waals surface area contributed by atoms with Gasteiger partial charge in [-0.05, 0) is 44.1 Å². The molecule has 1 saturated heterocycles. The van der Waals surface area contributed by atoms with Crippen LogP contribution in [0.4, 0.5) is 0 Å². The topological polar surface area (TPSA) is 30.5 Å². The van der Waals surface area contributed by atoms with Crippen LogP contribution in [0.15, 0.2) is 0 Å². The molecule has 88 valence electrons. The fourth-order valence-corrected chi connectivity index (χ4v) is 1.88. The molecular weight excluding hydrogens is 190 g/mol. The van der Waals surface area contributed by atoms with Crippen molar-refractivity contribution in [3.05, 3.63) is 0 Å². The Hall–Kier alpha value is -0.120. The summed E-state index contributed by atoms with van der Waals surface area (Å²) >= 11 is 0. The highest BCUT2D eigenvalue weighted by molar-refractivity contribution is 4.72. The van der Waals surface area contributed by atoms with Gasteiger partial charge in [0.1, 0.15) is 0 Å². The summed E-state index contributed by atoms with van der Waals surface area (Å²) < 4.78 is 10.9. The molecule has 1 saturated carbocycles. The Bertz CT molecular complexity index is 165. The highest BCUT2D eigenvalue weighted by atomic mass is 16.5. The lowest BCUT2D eigenvalue weighted by atomic mass is 10.1. The third-order valence-electron chi connectivity index (χ3n) is 3.15. The lowest BCUT2D eigenvalue weighted by molar-refractivity contribution is 0.121. The number of nitrogens with one attached hydrogen (secondary N) is 1. The van der Waals surface area contributed by atoms with Crippen LogP contribution in [0.5, 0.6) is 0 Å². The van der Waals surface area contributed by atoms with Crippen molar-refractivity contribution in [1.29, 1.82) is 0 Å². The first kappa shape index (κ1) is 11.4. The summed E-state index contributed by atoms with van der Waals surface area (Å²) in [7, 11) is 0. The van der Waals surface area contributed by atoms with Crippen LogP contribution in [0.25, 0.3) is 0 Å². The van der Waals surface area contributed by atoms with Crippen LogP contribution < -0.4 is 5.32 Å². The summed E-state index contributed by atoms with van der Waals surface area (Å²) in [5.41, 5.74) is 0. The van der Waals surface area contributed by atoms with Crippen molar-refractivity contribution in [1.82, 2.24) is 5.32 Å². The molecule has 2 fully saturated rings. The predicted molar refractivity (Wildman–Crippen MR) is 60.0 cm³/mol. The maximum Gasteiger partial charge on any atom is 0.0507 e. The van der Waals surface area contributed by atoms with Crippen LogP contribution in [0.1, 0.15) is 25.7 Å². The lowest BCUT2D eigenvalue weighted by Gasteiger charge is -2.09. The summed E-state index contributed by atoms with van der Waals surface area (Å²) in [6, 6.07) is 0. The first-order valence-corrected chi connectivity index (χ1v) is 6.31. The molecule has 1 aliphatic carbocycles. The second kappa shape index (κ2) is 6.46. The van der Waals surface area contributed by atoms with Crippen LogP contribution in [-0.2, 0) is 9.47 Å². The smallest absolute Gasteiger partial charge is 0.0507 e. The molecule has 2 aliphatic rings. The van der Waals surface area contributed by atoms with Gasteiger partial charge in [0.2, 0.25) is 0 Å². The molecule has 0 amide bonds. The van der Waals surface area contributed by atoms with Crippen molar-refractivity contribution in [3.63, 3.8) is 0 Å². The molecule has 0 aromatic carbocycles. The van der Waals surface area contributed by atoms with Gasteiger partial charge >= 0.3 is 0 Å². The largest absolute Gasteiger partial charge is 0.381 e. The zero-order valence-electron chi connectivity index (χ0n) is 9.54. The van der Waals surface area contributed by atoms with Crippen molar-refractivity contribution in [3.8, 4) is 0 Å². The molecule has 2 rings (SSSR count). The summed E-state index contributed by atoms with van der Waals surface area (Å²) in [6.45, 7) is 6.02. The van der Waals surface area contributed by atoms with Gasteiger partial charge in [-0.2, -0.15) is 0 Å². The van der Waals surface area contributed by atoms with E-state index in [1.54, 1.807) is 0 Å². The van der Waals surface area contributed by atoms with Crippen LogP contribution in [0.3, 0.4) is 0 Å². The average molecular weight is 213 g/mol. The van der Waals surface area contributed by atoms with E-state index >= 15 is 0 Å². The molecule has 15 heavy (non-hydrogen) atoms. The number of rotatable bonds is 8. The van der Waals surface area contributed by atoms with Crippen LogP contribution in [0, 0.1) is 11.8 Å². The molecule has 0 aromatic heterocycles. The molecule has 0 aromatic rings. The van der Waals surface area contributed by atoms with Crippen molar-refractivity contribution in [2.45, 2.75) is 25.7 Å². The van der Waals surface area contributed by atoms with E-state index in [4.69, 9.17) is 9.47 Å². The zero-order valence-corrected chi connectivity index (χ0v) is 9.54. The van der Waals surface area contributed by atoms with Crippen molar-refractivity contribution in [2.24, 2.45) is 11.8 Å². The molecule has 0 radical (unpaired) electrons. The third kappa shape index (κ3) is 4.96. The maximum absolute atomic E-state index is 5.56. The van der Waals surface area contributed by atoms with Gasteiger partial charge in [0.25, 0.3) is 0 Å². The molecule has 1 heterocycles. The molecule has 0 spiro atoms. The van der Waals surface area contributed by atoms with Crippen molar-refractivity contribution < 1.29 is 9.47 Å². The van der Waals surface area contributed by atoms with E-state index in [0.29, 0.717) is 0 Å². The molecule has 1 atom stereocenters. The standard InChI is InChI=1S/C12H23NO2/c1(6-14-9-11-2-3-11)5-13-8-12-4-7-15-10-12/h11-13H,1-10H2. The van der Waals surface area contributed by atoms with Crippen molar-refractivity contribution >= 4 is 0 Å². The predicted octanol–water partition coefficient (Wildman–Crippen LogP) is 1.43. The van der Waals surface area contributed by atoms with Crippen LogP contribution in [0.2, 0.25) is 0 Å². The first-order chi connectivity index (χ1) is 7.45. The van der Waals surface area contributed by atoms with Gasteiger partial charge in [-0.1, -0.05) is 0 Å². The minimum Gasteiger partial charge on any atom is -0.381 e. The van der Waals surface area contributed by atoms with E-state index in [1.165, 1.54) is 19.3 Å². The summed E-state index contributed by atoms with van der Waals surface area (Å²) in [5, 5.41) is 3.47. The quantitative estimate of drug-likeness (QED) is 0.619. The minimum atomic E-state index is 0.748. The number of hydrogen-bond donors (Lipinski definition) is 1.